The van der Waals surface area contributed by atoms with Gasteiger partial charge in [0.05, 0.1) is 6.26 Å². The van der Waals surface area contributed by atoms with Gasteiger partial charge in [0.15, 0.2) is 0 Å². The third-order valence-electron chi connectivity index (χ3n) is 4.58. The third kappa shape index (κ3) is 9.27. The Labute approximate surface area is 165 Å². The van der Waals surface area contributed by atoms with Gasteiger partial charge >= 0.3 is 10.1 Å². The second kappa shape index (κ2) is 11.3. The molecule has 0 aliphatic heterocycles. The standard InChI is InChI=1S/C21H35NO4S/c1-6-8-9-19(7-2)21(23)22(15-14-17(3)4)16-18-10-12-20(13-11-18)26-27(5,24)25/h10-13,17,19H,6-9,14-16H2,1-5H3. The first kappa shape index (κ1) is 23.5. The number of rotatable bonds is 12. The zero-order valence-electron chi connectivity index (χ0n) is 17.4. The van der Waals surface area contributed by atoms with E-state index in [9.17, 15) is 13.2 Å². The molecule has 0 radical (unpaired) electrons. The Hall–Kier alpha value is -1.56. The highest BCUT2D eigenvalue weighted by molar-refractivity contribution is 7.86. The summed E-state index contributed by atoms with van der Waals surface area (Å²) in [7, 11) is -3.53. The van der Waals surface area contributed by atoms with Crippen LogP contribution < -0.4 is 4.18 Å². The molecule has 0 aliphatic rings. The van der Waals surface area contributed by atoms with Crippen molar-refractivity contribution in [3.05, 3.63) is 29.8 Å². The molecular weight excluding hydrogens is 362 g/mol. The molecule has 154 valence electrons. The molecule has 1 aromatic carbocycles. The normalized spacial score (nSPS) is 12.8. The highest BCUT2D eigenvalue weighted by atomic mass is 32.2. The van der Waals surface area contributed by atoms with Crippen LogP contribution in [0.1, 0.15) is 65.4 Å². The van der Waals surface area contributed by atoms with Gasteiger partial charge in [-0.1, -0.05) is 52.7 Å². The number of nitrogens with zero attached hydrogens (tertiary/aromatic N) is 1. The summed E-state index contributed by atoms with van der Waals surface area (Å²) in [5.41, 5.74) is 0.971. The van der Waals surface area contributed by atoms with E-state index in [1.54, 1.807) is 12.1 Å². The molecule has 1 atom stereocenters. The van der Waals surface area contributed by atoms with Crippen LogP contribution in [0.3, 0.4) is 0 Å². The van der Waals surface area contributed by atoms with Gasteiger partial charge in [-0.3, -0.25) is 4.79 Å². The van der Waals surface area contributed by atoms with Crippen LogP contribution in [0.4, 0.5) is 0 Å². The molecule has 1 unspecified atom stereocenters. The molecule has 1 rings (SSSR count). The summed E-state index contributed by atoms with van der Waals surface area (Å²) in [5, 5.41) is 0. The predicted octanol–water partition coefficient (Wildman–Crippen LogP) is 4.62. The second-order valence-corrected chi connectivity index (χ2v) is 9.20. The van der Waals surface area contributed by atoms with Crippen molar-refractivity contribution in [2.24, 2.45) is 11.8 Å². The van der Waals surface area contributed by atoms with Crippen LogP contribution in [0.2, 0.25) is 0 Å². The molecule has 6 heteroatoms. The minimum Gasteiger partial charge on any atom is -0.383 e. The average Bonchev–Trinajstić information content (AvgIpc) is 2.59. The van der Waals surface area contributed by atoms with Crippen LogP contribution in [0.5, 0.6) is 5.75 Å². The highest BCUT2D eigenvalue weighted by Crippen LogP contribution is 2.20. The molecule has 1 amide bonds. The van der Waals surface area contributed by atoms with E-state index in [2.05, 4.69) is 27.7 Å². The van der Waals surface area contributed by atoms with Gasteiger partial charge in [0.2, 0.25) is 5.91 Å². The van der Waals surface area contributed by atoms with Gasteiger partial charge in [-0.15, -0.1) is 0 Å². The van der Waals surface area contributed by atoms with Crippen molar-refractivity contribution in [2.75, 3.05) is 12.8 Å². The van der Waals surface area contributed by atoms with Crippen molar-refractivity contribution in [3.63, 3.8) is 0 Å². The zero-order chi connectivity index (χ0) is 20.4. The van der Waals surface area contributed by atoms with Crippen molar-refractivity contribution < 1.29 is 17.4 Å². The number of amides is 1. The minimum absolute atomic E-state index is 0.0740. The van der Waals surface area contributed by atoms with Gasteiger partial charge in [0, 0.05) is 19.0 Å². The molecule has 0 N–H and O–H groups in total. The zero-order valence-corrected chi connectivity index (χ0v) is 18.2. The van der Waals surface area contributed by atoms with Crippen molar-refractivity contribution in [1.29, 1.82) is 0 Å². The topological polar surface area (TPSA) is 63.7 Å². The first-order valence-electron chi connectivity index (χ1n) is 9.93. The number of carbonyl (C=O) groups excluding carboxylic acids is 1. The fourth-order valence-electron chi connectivity index (χ4n) is 2.94. The summed E-state index contributed by atoms with van der Waals surface area (Å²) in [6, 6.07) is 6.91. The molecule has 0 aromatic heterocycles. The van der Waals surface area contributed by atoms with E-state index in [-0.39, 0.29) is 17.6 Å². The Morgan fingerprint density at radius 2 is 1.74 bits per heavy atom. The fraction of sp³-hybridized carbons (Fsp3) is 0.667. The minimum atomic E-state index is -3.53. The first-order chi connectivity index (χ1) is 12.7. The lowest BCUT2D eigenvalue weighted by molar-refractivity contribution is -0.136. The van der Waals surface area contributed by atoms with E-state index >= 15 is 0 Å². The monoisotopic (exact) mass is 397 g/mol. The Balaban J connectivity index is 2.88. The summed E-state index contributed by atoms with van der Waals surface area (Å²) in [6.07, 6.45) is 5.94. The Kier molecular flexibility index (Phi) is 9.84. The maximum Gasteiger partial charge on any atom is 0.306 e. The molecule has 27 heavy (non-hydrogen) atoms. The van der Waals surface area contributed by atoms with E-state index in [0.717, 1.165) is 50.5 Å². The lowest BCUT2D eigenvalue weighted by Crippen LogP contribution is -2.36. The van der Waals surface area contributed by atoms with E-state index in [0.29, 0.717) is 12.5 Å². The summed E-state index contributed by atoms with van der Waals surface area (Å²) in [4.78, 5) is 15.0. The maximum atomic E-state index is 13.1. The molecule has 0 saturated heterocycles. The Morgan fingerprint density at radius 3 is 2.22 bits per heavy atom. The largest absolute Gasteiger partial charge is 0.383 e. The van der Waals surface area contributed by atoms with E-state index in [1.807, 2.05) is 17.0 Å². The fourth-order valence-corrected chi connectivity index (χ4v) is 3.40. The molecule has 5 nitrogen and oxygen atoms in total. The molecule has 0 heterocycles. The molecule has 0 spiro atoms. The molecular formula is C21H35NO4S. The van der Waals surface area contributed by atoms with Crippen molar-refractivity contribution in [1.82, 2.24) is 4.90 Å². The Morgan fingerprint density at radius 1 is 1.11 bits per heavy atom. The van der Waals surface area contributed by atoms with Crippen LogP contribution in [0, 0.1) is 11.8 Å². The van der Waals surface area contributed by atoms with Crippen LogP contribution in [-0.2, 0) is 21.5 Å². The lowest BCUT2D eigenvalue weighted by atomic mass is 9.97. The smallest absolute Gasteiger partial charge is 0.306 e. The SMILES string of the molecule is CCCCC(CC)C(=O)N(CCC(C)C)Cc1ccc(OS(C)(=O)=O)cc1. The van der Waals surface area contributed by atoms with Crippen molar-refractivity contribution in [2.45, 2.75) is 66.3 Å². The van der Waals surface area contributed by atoms with Gasteiger partial charge in [-0.25, -0.2) is 0 Å². The van der Waals surface area contributed by atoms with Crippen LogP contribution in [0.15, 0.2) is 24.3 Å². The van der Waals surface area contributed by atoms with Crippen molar-refractivity contribution in [3.8, 4) is 5.75 Å². The molecule has 0 bridgehead atoms. The summed E-state index contributed by atoms with van der Waals surface area (Å²) < 4.78 is 27.3. The van der Waals surface area contributed by atoms with Gasteiger partial charge in [0.25, 0.3) is 0 Å². The quantitative estimate of drug-likeness (QED) is 0.483. The van der Waals surface area contributed by atoms with Gasteiger partial charge in [0.1, 0.15) is 5.75 Å². The van der Waals surface area contributed by atoms with Gasteiger partial charge in [-0.05, 0) is 42.9 Å². The van der Waals surface area contributed by atoms with Crippen LogP contribution in [-0.4, -0.2) is 32.0 Å². The molecule has 0 fully saturated rings. The van der Waals surface area contributed by atoms with Gasteiger partial charge in [-0.2, -0.15) is 8.42 Å². The summed E-state index contributed by atoms with van der Waals surface area (Å²) in [5.74, 6) is 1.12. The predicted molar refractivity (Wildman–Crippen MR) is 110 cm³/mol. The first-order valence-corrected chi connectivity index (χ1v) is 11.7. The second-order valence-electron chi connectivity index (χ2n) is 7.62. The highest BCUT2D eigenvalue weighted by Gasteiger charge is 2.22. The summed E-state index contributed by atoms with van der Waals surface area (Å²) >= 11 is 0. The average molecular weight is 398 g/mol. The maximum absolute atomic E-state index is 13.1. The molecule has 0 aliphatic carbocycles. The van der Waals surface area contributed by atoms with Crippen LogP contribution in [0.25, 0.3) is 0 Å². The van der Waals surface area contributed by atoms with E-state index in [1.165, 1.54) is 0 Å². The van der Waals surface area contributed by atoms with Crippen molar-refractivity contribution >= 4 is 16.0 Å². The Bertz CT molecular complexity index is 668. The lowest BCUT2D eigenvalue weighted by Gasteiger charge is -2.28. The van der Waals surface area contributed by atoms with E-state index < -0.39 is 10.1 Å². The van der Waals surface area contributed by atoms with E-state index in [4.69, 9.17) is 4.18 Å². The number of unbranched alkanes of at least 4 members (excludes halogenated alkanes) is 1. The van der Waals surface area contributed by atoms with Crippen LogP contribution >= 0.6 is 0 Å². The molecule has 1 aromatic rings. The number of carbonyl (C=O) groups is 1. The number of benzene rings is 1. The summed E-state index contributed by atoms with van der Waals surface area (Å²) in [6.45, 7) is 9.82. The third-order valence-corrected chi connectivity index (χ3v) is 5.08. The molecule has 0 saturated carbocycles. The van der Waals surface area contributed by atoms with Gasteiger partial charge < -0.3 is 9.08 Å². The number of hydrogen-bond acceptors (Lipinski definition) is 4. The number of hydrogen-bond donors (Lipinski definition) is 0.